The Labute approximate surface area is 109 Å². The number of anilines is 1. The number of carbonyl (C=O) groups excluding carboxylic acids is 1. The Hall–Kier alpha value is -1.58. The minimum atomic E-state index is 0.0782. The van der Waals surface area contributed by atoms with Crippen LogP contribution in [-0.4, -0.2) is 25.0 Å². The molecule has 0 saturated carbocycles. The number of rotatable bonds is 6. The van der Waals surface area contributed by atoms with Crippen molar-refractivity contribution in [1.29, 1.82) is 0 Å². The van der Waals surface area contributed by atoms with Crippen LogP contribution in [0.5, 0.6) is 0 Å². The number of nitrogens with one attached hydrogen (secondary N) is 1. The van der Waals surface area contributed by atoms with Crippen LogP contribution in [0.2, 0.25) is 0 Å². The van der Waals surface area contributed by atoms with Crippen molar-refractivity contribution in [2.45, 2.75) is 33.2 Å². The van der Waals surface area contributed by atoms with Crippen LogP contribution in [0, 0.1) is 5.92 Å². The highest BCUT2D eigenvalue weighted by Crippen LogP contribution is 2.14. The number of hydrogen-bond donors (Lipinski definition) is 1. The molecule has 0 aliphatic carbocycles. The Bertz CT molecular complexity index is 390. The predicted molar refractivity (Wildman–Crippen MR) is 74.5 cm³/mol. The van der Waals surface area contributed by atoms with E-state index in [1.54, 1.807) is 6.20 Å². The molecule has 4 nitrogen and oxygen atoms in total. The third-order valence-corrected chi connectivity index (χ3v) is 2.91. The molecule has 0 radical (unpaired) electrons. The van der Waals surface area contributed by atoms with Crippen molar-refractivity contribution in [2.24, 2.45) is 5.92 Å². The Kier molecular flexibility index (Phi) is 5.62. The summed E-state index contributed by atoms with van der Waals surface area (Å²) in [5.74, 6) is 1.10. The minimum Gasteiger partial charge on any atom is -0.362 e. The summed E-state index contributed by atoms with van der Waals surface area (Å²) in [6, 6.07) is 3.89. The zero-order valence-electron chi connectivity index (χ0n) is 11.7. The van der Waals surface area contributed by atoms with Gasteiger partial charge in [-0.2, -0.15) is 0 Å². The fourth-order valence-electron chi connectivity index (χ4n) is 1.89. The van der Waals surface area contributed by atoms with Crippen LogP contribution in [0.25, 0.3) is 0 Å². The number of amides is 1. The smallest absolute Gasteiger partial charge is 0.223 e. The van der Waals surface area contributed by atoms with Gasteiger partial charge >= 0.3 is 0 Å². The predicted octanol–water partition coefficient (Wildman–Crippen LogP) is 2.20. The average Bonchev–Trinajstić information content (AvgIpc) is 2.36. The number of pyridine rings is 1. The lowest BCUT2D eigenvalue weighted by molar-refractivity contribution is -0.124. The molecule has 1 N–H and O–H groups in total. The molecule has 1 aromatic rings. The Morgan fingerprint density at radius 3 is 2.83 bits per heavy atom. The maximum atomic E-state index is 11.8. The van der Waals surface area contributed by atoms with E-state index in [9.17, 15) is 4.79 Å². The number of hydrogen-bond acceptors (Lipinski definition) is 3. The molecule has 4 heteroatoms. The zero-order chi connectivity index (χ0) is 13.5. The van der Waals surface area contributed by atoms with Crippen molar-refractivity contribution >= 4 is 11.7 Å². The van der Waals surface area contributed by atoms with Crippen LogP contribution < -0.4 is 10.2 Å². The summed E-state index contributed by atoms with van der Waals surface area (Å²) in [7, 11) is 3.90. The molecule has 0 saturated heterocycles. The lowest BCUT2D eigenvalue weighted by Crippen LogP contribution is -2.29. The Morgan fingerprint density at radius 1 is 1.50 bits per heavy atom. The Balaban J connectivity index is 2.61. The molecule has 1 aromatic heterocycles. The number of nitrogens with zero attached hydrogens (tertiary/aromatic N) is 2. The lowest BCUT2D eigenvalue weighted by atomic mass is 10.1. The molecule has 0 unspecified atom stereocenters. The Morgan fingerprint density at radius 2 is 2.22 bits per heavy atom. The van der Waals surface area contributed by atoms with Gasteiger partial charge in [0.1, 0.15) is 5.82 Å². The maximum Gasteiger partial charge on any atom is 0.223 e. The van der Waals surface area contributed by atoms with Crippen molar-refractivity contribution in [3.05, 3.63) is 23.9 Å². The monoisotopic (exact) mass is 249 g/mol. The van der Waals surface area contributed by atoms with E-state index in [0.717, 1.165) is 24.2 Å². The molecule has 0 aromatic carbocycles. The van der Waals surface area contributed by atoms with Gasteiger partial charge in [-0.3, -0.25) is 4.79 Å². The van der Waals surface area contributed by atoms with Gasteiger partial charge in [0.2, 0.25) is 5.91 Å². The van der Waals surface area contributed by atoms with Crippen LogP contribution in [0.15, 0.2) is 18.3 Å². The second-order valence-corrected chi connectivity index (χ2v) is 4.79. The van der Waals surface area contributed by atoms with E-state index in [1.807, 2.05) is 38.1 Å². The van der Waals surface area contributed by atoms with Crippen molar-refractivity contribution in [3.63, 3.8) is 0 Å². The summed E-state index contributed by atoms with van der Waals surface area (Å²) in [6.45, 7) is 4.60. The first-order valence-corrected chi connectivity index (χ1v) is 6.45. The molecule has 0 aliphatic rings. The summed E-state index contributed by atoms with van der Waals surface area (Å²) >= 11 is 0. The summed E-state index contributed by atoms with van der Waals surface area (Å²) < 4.78 is 0. The van der Waals surface area contributed by atoms with Gasteiger partial charge in [-0.05, 0) is 12.5 Å². The van der Waals surface area contributed by atoms with Gasteiger partial charge in [0, 0.05) is 38.3 Å². The molecule has 1 rings (SSSR count). The van der Waals surface area contributed by atoms with Gasteiger partial charge in [-0.25, -0.2) is 4.98 Å². The van der Waals surface area contributed by atoms with Gasteiger partial charge in [0.25, 0.3) is 0 Å². The largest absolute Gasteiger partial charge is 0.362 e. The van der Waals surface area contributed by atoms with E-state index in [0.29, 0.717) is 6.54 Å². The summed E-state index contributed by atoms with van der Waals surface area (Å²) in [5.41, 5.74) is 1.04. The summed E-state index contributed by atoms with van der Waals surface area (Å²) in [6.07, 6.45) is 3.73. The second-order valence-electron chi connectivity index (χ2n) is 4.79. The molecule has 0 spiro atoms. The zero-order valence-corrected chi connectivity index (χ0v) is 11.7. The van der Waals surface area contributed by atoms with E-state index < -0.39 is 0 Å². The molecule has 1 atom stereocenters. The number of aromatic nitrogens is 1. The normalized spacial score (nSPS) is 12.0. The topological polar surface area (TPSA) is 45.2 Å². The van der Waals surface area contributed by atoms with Crippen LogP contribution in [-0.2, 0) is 11.3 Å². The highest BCUT2D eigenvalue weighted by molar-refractivity contribution is 5.78. The highest BCUT2D eigenvalue weighted by atomic mass is 16.1. The van der Waals surface area contributed by atoms with Gasteiger partial charge in [-0.15, -0.1) is 0 Å². The van der Waals surface area contributed by atoms with E-state index in [-0.39, 0.29) is 11.8 Å². The minimum absolute atomic E-state index is 0.0782. The fourth-order valence-corrected chi connectivity index (χ4v) is 1.89. The van der Waals surface area contributed by atoms with Crippen LogP contribution in [0.3, 0.4) is 0 Å². The van der Waals surface area contributed by atoms with Gasteiger partial charge < -0.3 is 10.2 Å². The fraction of sp³-hybridized carbons (Fsp3) is 0.571. The first kappa shape index (κ1) is 14.5. The molecular weight excluding hydrogens is 226 g/mol. The second kappa shape index (κ2) is 6.99. The van der Waals surface area contributed by atoms with Crippen LogP contribution in [0.1, 0.15) is 32.3 Å². The molecule has 0 aliphatic heterocycles. The van der Waals surface area contributed by atoms with Gasteiger partial charge in [0.15, 0.2) is 0 Å². The van der Waals surface area contributed by atoms with E-state index >= 15 is 0 Å². The quantitative estimate of drug-likeness (QED) is 0.840. The van der Waals surface area contributed by atoms with E-state index in [2.05, 4.69) is 17.2 Å². The third kappa shape index (κ3) is 4.02. The number of carbonyl (C=O) groups is 1. The van der Waals surface area contributed by atoms with Crippen molar-refractivity contribution in [1.82, 2.24) is 10.3 Å². The first-order chi connectivity index (χ1) is 8.56. The lowest BCUT2D eigenvalue weighted by Gasteiger charge is -2.17. The molecule has 0 bridgehead atoms. The van der Waals surface area contributed by atoms with E-state index in [1.165, 1.54) is 0 Å². The van der Waals surface area contributed by atoms with Gasteiger partial charge in [-0.1, -0.05) is 26.3 Å². The van der Waals surface area contributed by atoms with E-state index in [4.69, 9.17) is 0 Å². The summed E-state index contributed by atoms with van der Waals surface area (Å²) in [5, 5.41) is 2.97. The molecule has 18 heavy (non-hydrogen) atoms. The molecule has 100 valence electrons. The highest BCUT2D eigenvalue weighted by Gasteiger charge is 2.12. The molecule has 1 amide bonds. The van der Waals surface area contributed by atoms with Crippen molar-refractivity contribution in [3.8, 4) is 0 Å². The van der Waals surface area contributed by atoms with Crippen LogP contribution in [0.4, 0.5) is 5.82 Å². The van der Waals surface area contributed by atoms with Crippen molar-refractivity contribution < 1.29 is 4.79 Å². The van der Waals surface area contributed by atoms with Crippen molar-refractivity contribution in [2.75, 3.05) is 19.0 Å². The molecular formula is C14H23N3O. The SMILES string of the molecule is CCC[C@H](C)C(=O)NCc1cccnc1N(C)C. The van der Waals surface area contributed by atoms with Gasteiger partial charge in [0.05, 0.1) is 0 Å². The maximum absolute atomic E-state index is 11.8. The van der Waals surface area contributed by atoms with Crippen LogP contribution >= 0.6 is 0 Å². The first-order valence-electron chi connectivity index (χ1n) is 6.45. The standard InChI is InChI=1S/C14H23N3O/c1-5-7-11(2)14(18)16-10-12-8-6-9-15-13(12)17(3)4/h6,8-9,11H,5,7,10H2,1-4H3,(H,16,18)/t11-/m0/s1. The molecule has 0 fully saturated rings. The molecule has 1 heterocycles. The average molecular weight is 249 g/mol. The summed E-state index contributed by atoms with van der Waals surface area (Å²) in [4.78, 5) is 18.1. The third-order valence-electron chi connectivity index (χ3n) is 2.91.